The summed E-state index contributed by atoms with van der Waals surface area (Å²) in [5, 5.41) is 8.97. The Morgan fingerprint density at radius 1 is 1.44 bits per heavy atom. The third-order valence-corrected chi connectivity index (χ3v) is 3.18. The van der Waals surface area contributed by atoms with Crippen molar-refractivity contribution in [2.75, 3.05) is 7.05 Å². The van der Waals surface area contributed by atoms with Gasteiger partial charge in [0.1, 0.15) is 0 Å². The Labute approximate surface area is 98.7 Å². The van der Waals surface area contributed by atoms with Crippen molar-refractivity contribution in [3.63, 3.8) is 0 Å². The van der Waals surface area contributed by atoms with Gasteiger partial charge in [0.15, 0.2) is 5.82 Å². The minimum atomic E-state index is 0.661. The molecule has 0 aliphatic rings. The summed E-state index contributed by atoms with van der Waals surface area (Å²) in [6.07, 6.45) is 3.00. The average Bonchev–Trinajstić information content (AvgIpc) is 2.90. The average molecular weight is 237 g/mol. The van der Waals surface area contributed by atoms with Gasteiger partial charge in [-0.25, -0.2) is 0 Å². The zero-order valence-electron chi connectivity index (χ0n) is 9.27. The fraction of sp³-hybridized carbons (Fsp3) is 0.455. The standard InChI is InChI=1S/C11H15N3OS/c1-12-8-10-13-11(15-14-10)6-2-4-9-5-3-7-16-9/h3,5,7,12H,2,4,6,8H2,1H3. The van der Waals surface area contributed by atoms with Gasteiger partial charge < -0.3 is 9.84 Å². The van der Waals surface area contributed by atoms with Crippen molar-refractivity contribution >= 4 is 11.3 Å². The predicted octanol–water partition coefficient (Wildman–Crippen LogP) is 2.03. The van der Waals surface area contributed by atoms with Crippen molar-refractivity contribution in [1.29, 1.82) is 0 Å². The van der Waals surface area contributed by atoms with E-state index in [1.807, 2.05) is 7.05 Å². The van der Waals surface area contributed by atoms with Crippen molar-refractivity contribution in [3.8, 4) is 0 Å². The number of nitrogens with one attached hydrogen (secondary N) is 1. The Morgan fingerprint density at radius 2 is 2.38 bits per heavy atom. The Balaban J connectivity index is 1.76. The van der Waals surface area contributed by atoms with Crippen molar-refractivity contribution in [2.24, 2.45) is 0 Å². The largest absolute Gasteiger partial charge is 0.339 e. The van der Waals surface area contributed by atoms with E-state index in [-0.39, 0.29) is 0 Å². The molecular formula is C11H15N3OS. The van der Waals surface area contributed by atoms with Crippen LogP contribution in [0.5, 0.6) is 0 Å². The lowest BCUT2D eigenvalue weighted by Gasteiger charge is -1.93. The zero-order chi connectivity index (χ0) is 11.2. The van der Waals surface area contributed by atoms with E-state index in [4.69, 9.17) is 4.52 Å². The van der Waals surface area contributed by atoms with Crippen LogP contribution < -0.4 is 5.32 Å². The lowest BCUT2D eigenvalue weighted by Crippen LogP contribution is -2.06. The molecule has 5 heteroatoms. The molecule has 0 saturated carbocycles. The predicted molar refractivity (Wildman–Crippen MR) is 63.4 cm³/mol. The molecule has 86 valence electrons. The minimum absolute atomic E-state index is 0.661. The molecule has 16 heavy (non-hydrogen) atoms. The lowest BCUT2D eigenvalue weighted by atomic mass is 10.2. The first kappa shape index (κ1) is 11.3. The van der Waals surface area contributed by atoms with Crippen LogP contribution in [-0.4, -0.2) is 17.2 Å². The fourth-order valence-corrected chi connectivity index (χ4v) is 2.24. The number of thiophene rings is 1. The highest BCUT2D eigenvalue weighted by atomic mass is 32.1. The van der Waals surface area contributed by atoms with Crippen molar-refractivity contribution in [3.05, 3.63) is 34.1 Å². The molecule has 2 rings (SSSR count). The first-order valence-electron chi connectivity index (χ1n) is 5.37. The third kappa shape index (κ3) is 3.15. The second kappa shape index (κ2) is 5.77. The summed E-state index contributed by atoms with van der Waals surface area (Å²) in [5.74, 6) is 1.47. The quantitative estimate of drug-likeness (QED) is 0.835. The first-order valence-corrected chi connectivity index (χ1v) is 6.25. The van der Waals surface area contributed by atoms with Crippen molar-refractivity contribution in [2.45, 2.75) is 25.8 Å². The van der Waals surface area contributed by atoms with Crippen molar-refractivity contribution in [1.82, 2.24) is 15.5 Å². The molecule has 2 heterocycles. The monoisotopic (exact) mass is 237 g/mol. The molecule has 0 unspecified atom stereocenters. The van der Waals surface area contributed by atoms with Crippen LogP contribution in [-0.2, 0) is 19.4 Å². The molecule has 0 aromatic carbocycles. The van der Waals surface area contributed by atoms with E-state index in [9.17, 15) is 0 Å². The Morgan fingerprint density at radius 3 is 3.12 bits per heavy atom. The van der Waals surface area contributed by atoms with E-state index in [0.29, 0.717) is 6.54 Å². The normalized spacial score (nSPS) is 10.8. The Kier molecular flexibility index (Phi) is 4.07. The second-order valence-electron chi connectivity index (χ2n) is 3.57. The van der Waals surface area contributed by atoms with Gasteiger partial charge in [0.25, 0.3) is 0 Å². The minimum Gasteiger partial charge on any atom is -0.339 e. The van der Waals surface area contributed by atoms with Gasteiger partial charge in [0, 0.05) is 11.3 Å². The number of aromatic nitrogens is 2. The molecule has 2 aromatic heterocycles. The van der Waals surface area contributed by atoms with Crippen LogP contribution in [0.25, 0.3) is 0 Å². The molecule has 0 radical (unpaired) electrons. The number of hydrogen-bond donors (Lipinski definition) is 1. The zero-order valence-corrected chi connectivity index (χ0v) is 10.1. The SMILES string of the molecule is CNCc1noc(CCCc2cccs2)n1. The topological polar surface area (TPSA) is 51.0 Å². The van der Waals surface area contributed by atoms with E-state index < -0.39 is 0 Å². The van der Waals surface area contributed by atoms with E-state index in [0.717, 1.165) is 31.0 Å². The van der Waals surface area contributed by atoms with Gasteiger partial charge in [-0.3, -0.25) is 0 Å². The molecule has 0 spiro atoms. The van der Waals surface area contributed by atoms with Crippen LogP contribution in [0, 0.1) is 0 Å². The Bertz CT molecular complexity index is 411. The maximum Gasteiger partial charge on any atom is 0.226 e. The lowest BCUT2D eigenvalue weighted by molar-refractivity contribution is 0.369. The molecule has 0 saturated heterocycles. The van der Waals surface area contributed by atoms with Gasteiger partial charge in [0.2, 0.25) is 5.89 Å². The van der Waals surface area contributed by atoms with Gasteiger partial charge in [-0.1, -0.05) is 11.2 Å². The Hall–Kier alpha value is -1.20. The molecule has 0 amide bonds. The second-order valence-corrected chi connectivity index (χ2v) is 4.60. The molecule has 0 bridgehead atoms. The maximum absolute atomic E-state index is 5.14. The van der Waals surface area contributed by atoms with E-state index in [1.165, 1.54) is 4.88 Å². The van der Waals surface area contributed by atoms with E-state index in [1.54, 1.807) is 11.3 Å². The van der Waals surface area contributed by atoms with Crippen LogP contribution in [0.1, 0.15) is 23.0 Å². The van der Waals surface area contributed by atoms with Crippen LogP contribution >= 0.6 is 11.3 Å². The van der Waals surface area contributed by atoms with Crippen LogP contribution in [0.4, 0.5) is 0 Å². The summed E-state index contributed by atoms with van der Waals surface area (Å²) in [6.45, 7) is 0.661. The number of hydrogen-bond acceptors (Lipinski definition) is 5. The molecule has 0 aliphatic heterocycles. The summed E-state index contributed by atoms with van der Waals surface area (Å²) >= 11 is 1.79. The van der Waals surface area contributed by atoms with Gasteiger partial charge in [-0.05, 0) is 31.3 Å². The highest BCUT2D eigenvalue weighted by Crippen LogP contribution is 2.12. The van der Waals surface area contributed by atoms with Crippen molar-refractivity contribution < 1.29 is 4.52 Å². The summed E-state index contributed by atoms with van der Waals surface area (Å²) in [6, 6.07) is 4.24. The highest BCUT2D eigenvalue weighted by Gasteiger charge is 2.05. The summed E-state index contributed by atoms with van der Waals surface area (Å²) in [4.78, 5) is 5.69. The smallest absolute Gasteiger partial charge is 0.226 e. The number of nitrogens with zero attached hydrogens (tertiary/aromatic N) is 2. The highest BCUT2D eigenvalue weighted by molar-refractivity contribution is 7.09. The van der Waals surface area contributed by atoms with Gasteiger partial charge in [-0.2, -0.15) is 4.98 Å². The summed E-state index contributed by atoms with van der Waals surface area (Å²) < 4.78 is 5.14. The van der Waals surface area contributed by atoms with E-state index >= 15 is 0 Å². The molecule has 0 fully saturated rings. The molecule has 2 aromatic rings. The van der Waals surface area contributed by atoms with Crippen LogP contribution in [0.3, 0.4) is 0 Å². The summed E-state index contributed by atoms with van der Waals surface area (Å²) in [7, 11) is 1.87. The molecule has 0 aliphatic carbocycles. The van der Waals surface area contributed by atoms with E-state index in [2.05, 4.69) is 33.0 Å². The number of rotatable bonds is 6. The number of aryl methyl sites for hydroxylation is 2. The van der Waals surface area contributed by atoms with Gasteiger partial charge in [0.05, 0.1) is 6.54 Å². The third-order valence-electron chi connectivity index (χ3n) is 2.24. The molecule has 4 nitrogen and oxygen atoms in total. The first-order chi connectivity index (χ1) is 7.88. The van der Waals surface area contributed by atoms with Gasteiger partial charge in [-0.15, -0.1) is 11.3 Å². The summed E-state index contributed by atoms with van der Waals surface area (Å²) in [5.41, 5.74) is 0. The van der Waals surface area contributed by atoms with Gasteiger partial charge >= 0.3 is 0 Å². The fourth-order valence-electron chi connectivity index (χ4n) is 1.49. The molecular weight excluding hydrogens is 222 g/mol. The molecule has 0 atom stereocenters. The van der Waals surface area contributed by atoms with Crippen LogP contribution in [0.15, 0.2) is 22.0 Å². The molecule has 1 N–H and O–H groups in total. The van der Waals surface area contributed by atoms with Crippen LogP contribution in [0.2, 0.25) is 0 Å². The maximum atomic E-state index is 5.14.